The van der Waals surface area contributed by atoms with Crippen LogP contribution in [-0.4, -0.2) is 22.6 Å². The summed E-state index contributed by atoms with van der Waals surface area (Å²) < 4.78 is 6.79. The van der Waals surface area contributed by atoms with Gasteiger partial charge >= 0.3 is 5.69 Å². The maximum absolute atomic E-state index is 12.4. The zero-order valence-corrected chi connectivity index (χ0v) is 14.5. The van der Waals surface area contributed by atoms with Crippen molar-refractivity contribution in [3.63, 3.8) is 0 Å². The van der Waals surface area contributed by atoms with Gasteiger partial charge in [-0.05, 0) is 49.7 Å². The van der Waals surface area contributed by atoms with Gasteiger partial charge in [0.1, 0.15) is 5.75 Å². The lowest BCUT2D eigenvalue weighted by molar-refractivity contribution is 0.0951. The molecular formula is C19H21N3O3. The van der Waals surface area contributed by atoms with Crippen LogP contribution in [0.1, 0.15) is 35.8 Å². The number of carbonyl (C=O) groups excluding carboxylic acids is 1. The van der Waals surface area contributed by atoms with Gasteiger partial charge in [-0.25, -0.2) is 4.79 Å². The van der Waals surface area contributed by atoms with Gasteiger partial charge in [0.05, 0.1) is 18.1 Å². The van der Waals surface area contributed by atoms with Gasteiger partial charge in [-0.3, -0.25) is 9.36 Å². The highest BCUT2D eigenvalue weighted by atomic mass is 16.5. The number of hydrogen-bond donors (Lipinski definition) is 2. The average molecular weight is 339 g/mol. The minimum absolute atomic E-state index is 0.0519. The van der Waals surface area contributed by atoms with Gasteiger partial charge < -0.3 is 15.0 Å². The highest BCUT2D eigenvalue weighted by molar-refractivity contribution is 5.97. The van der Waals surface area contributed by atoms with E-state index in [0.717, 1.165) is 16.8 Å². The third-order valence-corrected chi connectivity index (χ3v) is 4.11. The highest BCUT2D eigenvalue weighted by Gasteiger charge is 2.12. The van der Waals surface area contributed by atoms with Gasteiger partial charge in [0.15, 0.2) is 0 Å². The van der Waals surface area contributed by atoms with E-state index in [1.165, 1.54) is 0 Å². The van der Waals surface area contributed by atoms with Crippen molar-refractivity contribution in [2.45, 2.75) is 26.4 Å². The summed E-state index contributed by atoms with van der Waals surface area (Å²) in [6.07, 6.45) is 0. The number of H-pyrrole nitrogens is 1. The summed E-state index contributed by atoms with van der Waals surface area (Å²) in [7, 11) is 1.61. The first kappa shape index (κ1) is 16.8. The lowest BCUT2D eigenvalue weighted by Crippen LogP contribution is -2.22. The van der Waals surface area contributed by atoms with Crippen molar-refractivity contribution in [3.8, 4) is 5.75 Å². The van der Waals surface area contributed by atoms with E-state index in [9.17, 15) is 9.59 Å². The van der Waals surface area contributed by atoms with E-state index in [1.807, 2.05) is 38.1 Å². The molecule has 0 radical (unpaired) electrons. The van der Waals surface area contributed by atoms with Gasteiger partial charge in [-0.1, -0.05) is 12.1 Å². The molecule has 25 heavy (non-hydrogen) atoms. The number of nitrogens with zero attached hydrogens (tertiary/aromatic N) is 1. The number of aromatic amines is 1. The number of ether oxygens (including phenoxy) is 1. The molecule has 0 spiro atoms. The smallest absolute Gasteiger partial charge is 0.326 e. The topological polar surface area (TPSA) is 76.1 Å². The predicted molar refractivity (Wildman–Crippen MR) is 97.1 cm³/mol. The molecule has 2 aromatic carbocycles. The van der Waals surface area contributed by atoms with Crippen molar-refractivity contribution >= 4 is 16.9 Å². The van der Waals surface area contributed by atoms with Crippen LogP contribution in [0.3, 0.4) is 0 Å². The lowest BCUT2D eigenvalue weighted by Gasteiger charge is -2.08. The van der Waals surface area contributed by atoms with E-state index in [0.29, 0.717) is 17.6 Å². The van der Waals surface area contributed by atoms with Crippen molar-refractivity contribution in [1.82, 2.24) is 14.9 Å². The van der Waals surface area contributed by atoms with E-state index in [4.69, 9.17) is 4.74 Å². The Morgan fingerprint density at radius 2 is 1.92 bits per heavy atom. The van der Waals surface area contributed by atoms with Crippen LogP contribution >= 0.6 is 0 Å². The molecule has 2 N–H and O–H groups in total. The summed E-state index contributed by atoms with van der Waals surface area (Å²) >= 11 is 0. The largest absolute Gasteiger partial charge is 0.497 e. The first-order valence-corrected chi connectivity index (χ1v) is 8.15. The Bertz CT molecular complexity index is 952. The van der Waals surface area contributed by atoms with Crippen molar-refractivity contribution in [1.29, 1.82) is 0 Å². The Kier molecular flexibility index (Phi) is 4.61. The summed E-state index contributed by atoms with van der Waals surface area (Å²) in [6.45, 7) is 4.32. The van der Waals surface area contributed by atoms with Crippen LogP contribution in [-0.2, 0) is 6.54 Å². The van der Waals surface area contributed by atoms with E-state index < -0.39 is 0 Å². The number of hydrogen-bond acceptors (Lipinski definition) is 3. The number of amides is 1. The van der Waals surface area contributed by atoms with Crippen LogP contribution in [0.15, 0.2) is 47.3 Å². The maximum Gasteiger partial charge on any atom is 0.326 e. The number of benzene rings is 2. The van der Waals surface area contributed by atoms with Gasteiger partial charge in [0.25, 0.3) is 5.91 Å². The van der Waals surface area contributed by atoms with Crippen molar-refractivity contribution < 1.29 is 9.53 Å². The molecule has 0 saturated carbocycles. The number of nitrogens with one attached hydrogen (secondary N) is 2. The molecule has 0 aliphatic rings. The van der Waals surface area contributed by atoms with Crippen LogP contribution < -0.4 is 15.7 Å². The average Bonchev–Trinajstić information content (AvgIpc) is 2.95. The standard InChI is InChI=1S/C19H21N3O3/c1-12(2)22-17-9-6-14(10-16(17)21-19(22)24)18(23)20-11-13-4-7-15(25-3)8-5-13/h4-10,12H,11H2,1-3H3,(H,20,23)(H,21,24). The van der Waals surface area contributed by atoms with E-state index >= 15 is 0 Å². The van der Waals surface area contributed by atoms with Crippen LogP contribution in [0.2, 0.25) is 0 Å². The third kappa shape index (κ3) is 3.42. The molecule has 0 bridgehead atoms. The molecule has 6 nitrogen and oxygen atoms in total. The Morgan fingerprint density at radius 1 is 1.20 bits per heavy atom. The third-order valence-electron chi connectivity index (χ3n) is 4.11. The monoisotopic (exact) mass is 339 g/mol. The van der Waals surface area contributed by atoms with E-state index in [-0.39, 0.29) is 17.6 Å². The fourth-order valence-corrected chi connectivity index (χ4v) is 2.81. The Morgan fingerprint density at radius 3 is 2.56 bits per heavy atom. The molecule has 1 amide bonds. The highest BCUT2D eigenvalue weighted by Crippen LogP contribution is 2.17. The quantitative estimate of drug-likeness (QED) is 0.750. The second-order valence-electron chi connectivity index (χ2n) is 6.16. The van der Waals surface area contributed by atoms with Gasteiger partial charge in [0.2, 0.25) is 0 Å². The lowest BCUT2D eigenvalue weighted by atomic mass is 10.1. The molecule has 0 atom stereocenters. The number of carbonyl (C=O) groups is 1. The van der Waals surface area contributed by atoms with Crippen LogP contribution in [0.5, 0.6) is 5.75 Å². The summed E-state index contributed by atoms with van der Waals surface area (Å²) in [5.74, 6) is 0.593. The maximum atomic E-state index is 12.4. The van der Waals surface area contributed by atoms with Crippen LogP contribution in [0.4, 0.5) is 0 Å². The fraction of sp³-hybridized carbons (Fsp3) is 0.263. The molecular weight excluding hydrogens is 318 g/mol. The summed E-state index contributed by atoms with van der Waals surface area (Å²) in [6, 6.07) is 12.8. The second-order valence-corrected chi connectivity index (χ2v) is 6.16. The Labute approximate surface area is 145 Å². The van der Waals surface area contributed by atoms with E-state index in [1.54, 1.807) is 29.9 Å². The molecule has 130 valence electrons. The number of aromatic nitrogens is 2. The first-order valence-electron chi connectivity index (χ1n) is 8.15. The van der Waals surface area contributed by atoms with Gasteiger partial charge in [-0.2, -0.15) is 0 Å². The van der Waals surface area contributed by atoms with Crippen molar-refractivity contribution in [3.05, 3.63) is 64.1 Å². The van der Waals surface area contributed by atoms with Gasteiger partial charge in [0, 0.05) is 18.2 Å². The zero-order valence-electron chi connectivity index (χ0n) is 14.5. The minimum Gasteiger partial charge on any atom is -0.497 e. The zero-order chi connectivity index (χ0) is 18.0. The fourth-order valence-electron chi connectivity index (χ4n) is 2.81. The molecule has 3 rings (SSSR count). The Balaban J connectivity index is 1.76. The molecule has 0 aliphatic carbocycles. The molecule has 1 aromatic heterocycles. The van der Waals surface area contributed by atoms with Crippen molar-refractivity contribution in [2.75, 3.05) is 7.11 Å². The Hall–Kier alpha value is -3.02. The van der Waals surface area contributed by atoms with Crippen LogP contribution in [0, 0.1) is 0 Å². The number of fused-ring (bicyclic) bond motifs is 1. The molecule has 0 unspecified atom stereocenters. The molecule has 0 saturated heterocycles. The molecule has 1 heterocycles. The summed E-state index contributed by atoms with van der Waals surface area (Å²) in [4.78, 5) is 27.2. The molecule has 0 aliphatic heterocycles. The first-order chi connectivity index (χ1) is 12.0. The minimum atomic E-state index is -0.184. The van der Waals surface area contributed by atoms with E-state index in [2.05, 4.69) is 10.3 Å². The normalized spacial score (nSPS) is 11.0. The van der Waals surface area contributed by atoms with Gasteiger partial charge in [-0.15, -0.1) is 0 Å². The molecule has 0 fully saturated rings. The SMILES string of the molecule is COc1ccc(CNC(=O)c2ccc3c(c2)[nH]c(=O)n3C(C)C)cc1. The summed E-state index contributed by atoms with van der Waals surface area (Å²) in [5, 5.41) is 2.88. The van der Waals surface area contributed by atoms with Crippen LogP contribution in [0.25, 0.3) is 11.0 Å². The van der Waals surface area contributed by atoms with Crippen molar-refractivity contribution in [2.24, 2.45) is 0 Å². The summed E-state index contributed by atoms with van der Waals surface area (Å²) in [5.41, 5.74) is 2.79. The predicted octanol–water partition coefficient (Wildman–Crippen LogP) is 2.85. The number of rotatable bonds is 5. The number of methoxy groups -OCH3 is 1. The second kappa shape index (κ2) is 6.84. The molecule has 3 aromatic rings. The molecule has 6 heteroatoms. The number of imidazole rings is 1.